The maximum Gasteiger partial charge on any atom is 0.321 e. The Kier molecular flexibility index (Phi) is 5.39. The minimum Gasteiger partial charge on any atom is -0.370 e. The van der Waals surface area contributed by atoms with Crippen molar-refractivity contribution in [3.8, 4) is 0 Å². The molecule has 4 rings (SSSR count). The molecule has 6 heteroatoms. The van der Waals surface area contributed by atoms with Gasteiger partial charge in [0.25, 0.3) is 0 Å². The van der Waals surface area contributed by atoms with Crippen molar-refractivity contribution in [2.45, 2.75) is 12.8 Å². The van der Waals surface area contributed by atoms with Crippen LogP contribution < -0.4 is 15.1 Å². The number of para-hydroxylation sites is 1. The van der Waals surface area contributed by atoms with Crippen LogP contribution in [0.4, 0.5) is 21.9 Å². The number of nitrogens with zero attached hydrogens (tertiary/aromatic N) is 3. The number of hydrogen-bond acceptors (Lipinski definition) is 3. The van der Waals surface area contributed by atoms with Crippen molar-refractivity contribution in [1.82, 2.24) is 4.90 Å². The Morgan fingerprint density at radius 3 is 2.22 bits per heavy atom. The summed E-state index contributed by atoms with van der Waals surface area (Å²) in [6.07, 6.45) is 2.42. The van der Waals surface area contributed by atoms with Crippen LogP contribution in [0.3, 0.4) is 0 Å². The zero-order chi connectivity index (χ0) is 18.6. The number of nitrogens with one attached hydrogen (secondary N) is 1. The lowest BCUT2D eigenvalue weighted by molar-refractivity contribution is 0.208. The van der Waals surface area contributed by atoms with E-state index in [9.17, 15) is 4.79 Å². The number of halogens is 1. The average Bonchev–Trinajstić information content (AvgIpc) is 3.23. The third kappa shape index (κ3) is 4.14. The Balaban J connectivity index is 1.34. The molecule has 2 amide bonds. The van der Waals surface area contributed by atoms with Crippen LogP contribution in [0.2, 0.25) is 5.02 Å². The fourth-order valence-electron chi connectivity index (χ4n) is 3.81. The Morgan fingerprint density at radius 2 is 1.56 bits per heavy atom. The van der Waals surface area contributed by atoms with Crippen molar-refractivity contribution in [3.05, 3.63) is 53.6 Å². The van der Waals surface area contributed by atoms with Gasteiger partial charge in [-0.25, -0.2) is 4.79 Å². The lowest BCUT2D eigenvalue weighted by Gasteiger charge is -2.36. The predicted molar refractivity (Wildman–Crippen MR) is 112 cm³/mol. The zero-order valence-corrected chi connectivity index (χ0v) is 16.2. The molecule has 2 aliphatic heterocycles. The number of urea groups is 1. The number of anilines is 3. The number of hydrogen-bond donors (Lipinski definition) is 1. The largest absolute Gasteiger partial charge is 0.370 e. The van der Waals surface area contributed by atoms with Gasteiger partial charge in [0, 0.05) is 50.6 Å². The molecule has 2 saturated heterocycles. The van der Waals surface area contributed by atoms with Crippen LogP contribution in [0, 0.1) is 0 Å². The first-order chi connectivity index (χ1) is 13.2. The van der Waals surface area contributed by atoms with Gasteiger partial charge < -0.3 is 20.0 Å². The van der Waals surface area contributed by atoms with E-state index in [1.165, 1.54) is 18.5 Å². The van der Waals surface area contributed by atoms with Crippen LogP contribution in [0.1, 0.15) is 12.8 Å². The molecule has 5 nitrogen and oxygen atoms in total. The second-order valence-corrected chi connectivity index (χ2v) is 7.51. The second-order valence-electron chi connectivity index (χ2n) is 7.10. The third-order valence-corrected chi connectivity index (χ3v) is 5.64. The Morgan fingerprint density at radius 1 is 0.852 bits per heavy atom. The first kappa shape index (κ1) is 18.0. The van der Waals surface area contributed by atoms with E-state index < -0.39 is 0 Å². The predicted octanol–water partition coefficient (Wildman–Crippen LogP) is 4.29. The molecule has 2 fully saturated rings. The molecule has 2 aromatic carbocycles. The molecule has 1 N–H and O–H groups in total. The van der Waals surface area contributed by atoms with E-state index in [4.69, 9.17) is 11.6 Å². The zero-order valence-electron chi connectivity index (χ0n) is 15.4. The van der Waals surface area contributed by atoms with Crippen LogP contribution >= 0.6 is 11.6 Å². The fraction of sp³-hybridized carbons (Fsp3) is 0.381. The second kappa shape index (κ2) is 8.09. The lowest BCUT2D eigenvalue weighted by atomic mass is 10.2. The molecular weight excluding hydrogens is 360 g/mol. The quantitative estimate of drug-likeness (QED) is 0.857. The molecule has 2 aromatic rings. The molecule has 2 heterocycles. The molecule has 0 spiro atoms. The SMILES string of the molecule is O=C(Nc1ccc(N2CCCC2)c(Cl)c1)N1CCN(c2ccccc2)CC1. The summed E-state index contributed by atoms with van der Waals surface area (Å²) in [4.78, 5) is 19.1. The molecule has 0 saturated carbocycles. The van der Waals surface area contributed by atoms with Gasteiger partial charge in [0.2, 0.25) is 0 Å². The molecule has 142 valence electrons. The maximum absolute atomic E-state index is 12.6. The number of rotatable bonds is 3. The van der Waals surface area contributed by atoms with Gasteiger partial charge in [-0.2, -0.15) is 0 Å². The minimum absolute atomic E-state index is 0.0623. The summed E-state index contributed by atoms with van der Waals surface area (Å²) in [6, 6.07) is 16.1. The Labute approximate surface area is 165 Å². The molecule has 27 heavy (non-hydrogen) atoms. The average molecular weight is 385 g/mol. The Bertz CT molecular complexity index is 784. The van der Waals surface area contributed by atoms with Crippen LogP contribution in [-0.2, 0) is 0 Å². The first-order valence-electron chi connectivity index (χ1n) is 9.61. The maximum atomic E-state index is 12.6. The van der Waals surface area contributed by atoms with Gasteiger partial charge >= 0.3 is 6.03 Å². The highest BCUT2D eigenvalue weighted by atomic mass is 35.5. The molecule has 2 aliphatic rings. The topological polar surface area (TPSA) is 38.8 Å². The van der Waals surface area contributed by atoms with E-state index in [1.807, 2.05) is 41.3 Å². The number of piperazine rings is 1. The summed E-state index contributed by atoms with van der Waals surface area (Å²) in [6.45, 7) is 5.20. The summed E-state index contributed by atoms with van der Waals surface area (Å²) < 4.78 is 0. The summed E-state index contributed by atoms with van der Waals surface area (Å²) in [7, 11) is 0. The minimum atomic E-state index is -0.0623. The van der Waals surface area contributed by atoms with Crippen molar-refractivity contribution < 1.29 is 4.79 Å². The third-order valence-electron chi connectivity index (χ3n) is 5.33. The molecular formula is C21H25ClN4O. The van der Waals surface area contributed by atoms with Crippen LogP contribution in [-0.4, -0.2) is 50.2 Å². The van der Waals surface area contributed by atoms with E-state index in [0.717, 1.165) is 37.6 Å². The highest BCUT2D eigenvalue weighted by Crippen LogP contribution is 2.31. The highest BCUT2D eigenvalue weighted by Gasteiger charge is 2.22. The summed E-state index contributed by atoms with van der Waals surface area (Å²) in [5.41, 5.74) is 3.02. The lowest BCUT2D eigenvalue weighted by Crippen LogP contribution is -2.50. The number of carbonyl (C=O) groups is 1. The van der Waals surface area contributed by atoms with Gasteiger partial charge in [-0.05, 0) is 43.2 Å². The first-order valence-corrected chi connectivity index (χ1v) is 9.99. The van der Waals surface area contributed by atoms with E-state index in [-0.39, 0.29) is 6.03 Å². The number of benzene rings is 2. The fourth-order valence-corrected chi connectivity index (χ4v) is 4.11. The molecule has 0 atom stereocenters. The summed E-state index contributed by atoms with van der Waals surface area (Å²) in [5, 5.41) is 3.69. The van der Waals surface area contributed by atoms with Crippen LogP contribution in [0.15, 0.2) is 48.5 Å². The monoisotopic (exact) mass is 384 g/mol. The number of amides is 2. The van der Waals surface area contributed by atoms with Gasteiger partial charge in [0.15, 0.2) is 0 Å². The van der Waals surface area contributed by atoms with Crippen molar-refractivity contribution in [2.24, 2.45) is 0 Å². The normalized spacial score (nSPS) is 17.3. The Hall–Kier alpha value is -2.40. The smallest absolute Gasteiger partial charge is 0.321 e. The van der Waals surface area contributed by atoms with Gasteiger partial charge in [-0.3, -0.25) is 0 Å². The molecule has 0 aliphatic carbocycles. The van der Waals surface area contributed by atoms with E-state index >= 15 is 0 Å². The van der Waals surface area contributed by atoms with Gasteiger partial charge in [-0.1, -0.05) is 29.8 Å². The van der Waals surface area contributed by atoms with Crippen LogP contribution in [0.25, 0.3) is 0 Å². The number of carbonyl (C=O) groups excluding carboxylic acids is 1. The molecule has 0 radical (unpaired) electrons. The van der Waals surface area contributed by atoms with E-state index in [0.29, 0.717) is 18.1 Å². The van der Waals surface area contributed by atoms with Crippen molar-refractivity contribution in [1.29, 1.82) is 0 Å². The van der Waals surface area contributed by atoms with E-state index in [2.05, 4.69) is 27.2 Å². The molecule has 0 bridgehead atoms. The van der Waals surface area contributed by atoms with E-state index in [1.54, 1.807) is 0 Å². The van der Waals surface area contributed by atoms with Crippen LogP contribution in [0.5, 0.6) is 0 Å². The van der Waals surface area contributed by atoms with Gasteiger partial charge in [0.05, 0.1) is 10.7 Å². The molecule has 0 unspecified atom stereocenters. The van der Waals surface area contributed by atoms with Crippen molar-refractivity contribution in [2.75, 3.05) is 54.4 Å². The van der Waals surface area contributed by atoms with Gasteiger partial charge in [-0.15, -0.1) is 0 Å². The van der Waals surface area contributed by atoms with Crippen molar-refractivity contribution in [3.63, 3.8) is 0 Å². The summed E-state index contributed by atoms with van der Waals surface area (Å²) in [5.74, 6) is 0. The highest BCUT2D eigenvalue weighted by molar-refractivity contribution is 6.33. The summed E-state index contributed by atoms with van der Waals surface area (Å²) >= 11 is 6.45. The van der Waals surface area contributed by atoms with Crippen molar-refractivity contribution >= 4 is 34.7 Å². The molecule has 0 aromatic heterocycles. The standard InChI is InChI=1S/C21H25ClN4O/c22-19-16-17(8-9-20(19)25-10-4-5-11-25)23-21(27)26-14-12-24(13-15-26)18-6-2-1-3-7-18/h1-3,6-9,16H,4-5,10-15H2,(H,23,27). The van der Waals surface area contributed by atoms with Gasteiger partial charge in [0.1, 0.15) is 0 Å².